The van der Waals surface area contributed by atoms with Gasteiger partial charge < -0.3 is 9.30 Å². The van der Waals surface area contributed by atoms with Crippen LogP contribution >= 0.6 is 0 Å². The minimum absolute atomic E-state index is 0.104. The van der Waals surface area contributed by atoms with Crippen molar-refractivity contribution in [2.45, 2.75) is 38.3 Å². The summed E-state index contributed by atoms with van der Waals surface area (Å²) in [5.74, 6) is -0.104. The van der Waals surface area contributed by atoms with Gasteiger partial charge in [-0.05, 0) is 40.5 Å². The first kappa shape index (κ1) is 23.1. The Morgan fingerprint density at radius 3 is 1.54 bits per heavy atom. The number of anilines is 1. The average Bonchev–Trinajstić information content (AvgIpc) is 2.91. The van der Waals surface area contributed by atoms with Crippen molar-refractivity contribution < 1.29 is 9.53 Å². The zero-order chi connectivity index (χ0) is 23.9. The van der Waals surface area contributed by atoms with Crippen LogP contribution in [0.5, 0.6) is 0 Å². The van der Waals surface area contributed by atoms with E-state index >= 15 is 0 Å². The number of hydrogen-bond acceptors (Lipinski definition) is 3. The maximum atomic E-state index is 12.9. The molecule has 1 heterocycles. The fourth-order valence-electron chi connectivity index (χ4n) is 5.34. The molecular formula is C31H31NO2Si. The highest BCUT2D eigenvalue weighted by molar-refractivity contribution is 7.13. The van der Waals surface area contributed by atoms with Crippen molar-refractivity contribution in [3.05, 3.63) is 121 Å². The standard InChI is InChI=1S/C31H31NO2Si/c33-31-25-15-5-14-24-30(34-31)32(26-16-6-1-7-17-26)35(27-18-8-2-9-19-27,28-20-10-3-11-21-28)29-22-12-4-13-23-29/h1-4,6-13,16-23,30H,5,14-15,24-25H2. The van der Waals surface area contributed by atoms with Gasteiger partial charge in [0, 0.05) is 18.5 Å². The summed E-state index contributed by atoms with van der Waals surface area (Å²) < 4.78 is 8.78. The Morgan fingerprint density at radius 1 is 0.600 bits per heavy atom. The van der Waals surface area contributed by atoms with Crippen LogP contribution in [-0.4, -0.2) is 20.4 Å². The predicted octanol–water partition coefficient (Wildman–Crippen LogP) is 4.99. The molecule has 35 heavy (non-hydrogen) atoms. The molecule has 1 unspecified atom stereocenters. The lowest BCUT2D eigenvalue weighted by molar-refractivity contribution is -0.149. The second kappa shape index (κ2) is 10.7. The number of ether oxygens (including phenoxy) is 1. The largest absolute Gasteiger partial charge is 0.442 e. The molecule has 1 fully saturated rings. The highest BCUT2D eigenvalue weighted by Crippen LogP contribution is 2.29. The zero-order valence-corrected chi connectivity index (χ0v) is 20.9. The lowest BCUT2D eigenvalue weighted by atomic mass is 10.1. The summed E-state index contributed by atoms with van der Waals surface area (Å²) in [4.78, 5) is 12.9. The molecule has 5 rings (SSSR count). The van der Waals surface area contributed by atoms with E-state index in [9.17, 15) is 4.79 Å². The Kier molecular flexibility index (Phi) is 7.10. The van der Waals surface area contributed by atoms with E-state index in [-0.39, 0.29) is 12.2 Å². The number of hydrogen-bond donors (Lipinski definition) is 0. The van der Waals surface area contributed by atoms with E-state index in [2.05, 4.69) is 120 Å². The second-order valence-electron chi connectivity index (χ2n) is 9.06. The molecule has 0 N–H and O–H groups in total. The van der Waals surface area contributed by atoms with Crippen LogP contribution in [0.1, 0.15) is 32.1 Å². The normalized spacial score (nSPS) is 16.6. The van der Waals surface area contributed by atoms with Crippen LogP contribution in [0.2, 0.25) is 0 Å². The Hall–Kier alpha value is -3.63. The van der Waals surface area contributed by atoms with Crippen molar-refractivity contribution in [2.24, 2.45) is 0 Å². The molecule has 0 aliphatic carbocycles. The third-order valence-electron chi connectivity index (χ3n) is 6.86. The highest BCUT2D eigenvalue weighted by Gasteiger charge is 2.49. The van der Waals surface area contributed by atoms with Gasteiger partial charge in [-0.15, -0.1) is 0 Å². The van der Waals surface area contributed by atoms with Crippen LogP contribution in [0, 0.1) is 0 Å². The van der Waals surface area contributed by atoms with Crippen molar-refractivity contribution in [3.8, 4) is 0 Å². The molecule has 0 amide bonds. The number of benzene rings is 4. The fourth-order valence-corrected chi connectivity index (χ4v) is 10.3. The van der Waals surface area contributed by atoms with E-state index in [0.29, 0.717) is 6.42 Å². The number of rotatable bonds is 6. The molecular weight excluding hydrogens is 446 g/mol. The molecule has 1 aliphatic heterocycles. The van der Waals surface area contributed by atoms with Crippen LogP contribution in [0.25, 0.3) is 0 Å². The van der Waals surface area contributed by atoms with Crippen LogP contribution in [-0.2, 0) is 9.53 Å². The van der Waals surface area contributed by atoms with Gasteiger partial charge in [-0.2, -0.15) is 0 Å². The van der Waals surface area contributed by atoms with Gasteiger partial charge in [-0.3, -0.25) is 4.79 Å². The summed E-state index contributed by atoms with van der Waals surface area (Å²) in [5, 5.41) is 3.79. The van der Waals surface area contributed by atoms with Crippen LogP contribution in [0.15, 0.2) is 121 Å². The number of carbonyl (C=O) groups excluding carboxylic acids is 1. The van der Waals surface area contributed by atoms with E-state index in [4.69, 9.17) is 4.74 Å². The van der Waals surface area contributed by atoms with E-state index < -0.39 is 8.24 Å². The monoisotopic (exact) mass is 477 g/mol. The number of para-hydroxylation sites is 1. The van der Waals surface area contributed by atoms with E-state index in [1.165, 1.54) is 15.6 Å². The van der Waals surface area contributed by atoms with Gasteiger partial charge in [0.05, 0.1) is 0 Å². The molecule has 0 spiro atoms. The van der Waals surface area contributed by atoms with Crippen LogP contribution in [0.4, 0.5) is 5.69 Å². The molecule has 4 heteroatoms. The Bertz CT molecular complexity index is 1120. The van der Waals surface area contributed by atoms with Gasteiger partial charge in [0.25, 0.3) is 8.24 Å². The summed E-state index contributed by atoms with van der Waals surface area (Å²) in [5.41, 5.74) is 1.08. The minimum atomic E-state index is -2.89. The molecule has 176 valence electrons. The first-order chi connectivity index (χ1) is 17.3. The van der Waals surface area contributed by atoms with Gasteiger partial charge in [0.15, 0.2) is 6.23 Å². The van der Waals surface area contributed by atoms with Gasteiger partial charge in [-0.1, -0.05) is 116 Å². The van der Waals surface area contributed by atoms with Gasteiger partial charge in [-0.25, -0.2) is 0 Å². The molecule has 4 aromatic carbocycles. The van der Waals surface area contributed by atoms with Crippen molar-refractivity contribution in [3.63, 3.8) is 0 Å². The first-order valence-corrected chi connectivity index (χ1v) is 14.5. The fraction of sp³-hybridized carbons (Fsp3) is 0.194. The van der Waals surface area contributed by atoms with Gasteiger partial charge in [0.2, 0.25) is 0 Å². The molecule has 4 aromatic rings. The van der Waals surface area contributed by atoms with Crippen molar-refractivity contribution in [1.82, 2.24) is 0 Å². The van der Waals surface area contributed by atoms with Crippen LogP contribution in [0.3, 0.4) is 0 Å². The topological polar surface area (TPSA) is 29.5 Å². The first-order valence-electron chi connectivity index (χ1n) is 12.5. The molecule has 0 bridgehead atoms. The summed E-state index contributed by atoms with van der Waals surface area (Å²) in [6.45, 7) is 0. The Morgan fingerprint density at radius 2 is 1.06 bits per heavy atom. The third kappa shape index (κ3) is 4.67. The van der Waals surface area contributed by atoms with Crippen LogP contribution < -0.4 is 20.1 Å². The third-order valence-corrected chi connectivity index (χ3v) is 11.6. The van der Waals surface area contributed by atoms with Crippen molar-refractivity contribution in [1.29, 1.82) is 0 Å². The summed E-state index contributed by atoms with van der Waals surface area (Å²) >= 11 is 0. The molecule has 0 saturated carbocycles. The van der Waals surface area contributed by atoms with Gasteiger partial charge >= 0.3 is 5.97 Å². The lowest BCUT2D eigenvalue weighted by Gasteiger charge is -2.48. The van der Waals surface area contributed by atoms with E-state index in [0.717, 1.165) is 31.4 Å². The Balaban J connectivity index is 1.85. The Labute approximate surface area is 209 Å². The molecule has 0 radical (unpaired) electrons. The lowest BCUT2D eigenvalue weighted by Crippen LogP contribution is -2.79. The zero-order valence-electron chi connectivity index (χ0n) is 19.9. The predicted molar refractivity (Wildman–Crippen MR) is 146 cm³/mol. The number of cyclic esters (lactones) is 1. The highest BCUT2D eigenvalue weighted by atomic mass is 28.3. The molecule has 1 aliphatic rings. The summed E-state index contributed by atoms with van der Waals surface area (Å²) in [6, 6.07) is 42.9. The maximum Gasteiger partial charge on any atom is 0.307 e. The van der Waals surface area contributed by atoms with Crippen molar-refractivity contribution in [2.75, 3.05) is 4.57 Å². The average molecular weight is 478 g/mol. The number of esters is 1. The quantitative estimate of drug-likeness (QED) is 0.223. The van der Waals surface area contributed by atoms with Crippen molar-refractivity contribution >= 4 is 35.5 Å². The summed E-state index contributed by atoms with van der Waals surface area (Å²) in [6.07, 6.45) is 3.92. The van der Waals surface area contributed by atoms with Gasteiger partial charge in [0.1, 0.15) is 0 Å². The maximum absolute atomic E-state index is 12.9. The minimum Gasteiger partial charge on any atom is -0.442 e. The number of nitrogens with zero attached hydrogens (tertiary/aromatic N) is 1. The second-order valence-corrected chi connectivity index (χ2v) is 12.7. The molecule has 1 atom stereocenters. The smallest absolute Gasteiger partial charge is 0.307 e. The molecule has 1 saturated heterocycles. The summed E-state index contributed by atoms with van der Waals surface area (Å²) in [7, 11) is -2.89. The van der Waals surface area contributed by atoms with E-state index in [1.54, 1.807) is 0 Å². The number of carbonyl (C=O) groups is 1. The molecule has 0 aromatic heterocycles. The molecule has 3 nitrogen and oxygen atoms in total. The van der Waals surface area contributed by atoms with E-state index in [1.807, 2.05) is 6.07 Å². The SMILES string of the molecule is O=C1CCCCCC(N(c2ccccc2)[Si](c2ccccc2)(c2ccccc2)c2ccccc2)O1.